The zero-order chi connectivity index (χ0) is 37.6. The number of hydrogen-bond acceptors (Lipinski definition) is 10. The second kappa shape index (κ2) is 16.8. The van der Waals surface area contributed by atoms with Gasteiger partial charge in [0.15, 0.2) is 0 Å². The summed E-state index contributed by atoms with van der Waals surface area (Å²) in [5.41, 5.74) is -1.26. The largest absolute Gasteiger partial charge is 0.472 e. The Hall–Kier alpha value is -4.37. The quantitative estimate of drug-likeness (QED) is 0.317. The summed E-state index contributed by atoms with van der Waals surface area (Å²) in [4.78, 5) is 61.1. The molecule has 3 heterocycles. The molecule has 14 nitrogen and oxygen atoms in total. The molecule has 1 aromatic heterocycles. The van der Waals surface area contributed by atoms with E-state index in [4.69, 9.17) is 21.1 Å². The van der Waals surface area contributed by atoms with Crippen LogP contribution in [0.5, 0.6) is 5.88 Å². The van der Waals surface area contributed by atoms with Gasteiger partial charge in [-0.1, -0.05) is 55.5 Å². The molecule has 1 saturated heterocycles. The number of fused-ring (bicyclic) bond motifs is 2. The summed E-state index contributed by atoms with van der Waals surface area (Å²) in [5, 5.41) is 9.18. The third kappa shape index (κ3) is 9.23. The number of halogens is 1. The molecule has 2 saturated carbocycles. The number of hydrogen-bond donors (Lipinski definition) is 4. The number of carbonyl (C=O) groups excluding carboxylic acids is 4. The van der Waals surface area contributed by atoms with Gasteiger partial charge in [-0.15, -0.1) is 6.58 Å². The standard InChI is InChI=1S/C37H47ClN6O8S/c1-2-24-21-37(24)35(47)43-53(49,50)31-16-10-9-14-28(31)39-19-11-5-3-4-6-15-29(41-36(48)52-26-12-7-8-13-26)34(46)44-23-27(20-30(44)33(45)42-37)51-32-18-17-25(38)22-40-32/h2,9-10,14,16-18,22,24,26-27,29-30,39H,1,3-8,11-13,15,19-21,23H2,(H,41,48)(H,42,45)(H,43,47)/t24-,27-,29+,30+,37-/m1/s1. The van der Waals surface area contributed by atoms with E-state index in [2.05, 4.69) is 32.2 Å². The zero-order valence-corrected chi connectivity index (χ0v) is 31.1. The second-order valence-electron chi connectivity index (χ2n) is 14.2. The lowest BCUT2D eigenvalue weighted by molar-refractivity contribution is -0.141. The third-order valence-corrected chi connectivity index (χ3v) is 12.1. The lowest BCUT2D eigenvalue weighted by atomic mass is 10.0. The Morgan fingerprint density at radius 2 is 1.74 bits per heavy atom. The second-order valence-corrected chi connectivity index (χ2v) is 16.3. The molecule has 0 unspecified atom stereocenters. The Balaban J connectivity index is 1.29. The Labute approximate surface area is 314 Å². The SMILES string of the molecule is C=C[C@@H]1C[C@@]12NC(=O)[C@@H]1C[C@@H](Oc3ccc(Cl)cn3)CN1C(=O)[C@@H](NC(=O)OC1CCCC1)CCCCCCCNc1ccccc1S(=O)(=O)NC2=O. The van der Waals surface area contributed by atoms with Crippen molar-refractivity contribution in [1.82, 2.24) is 25.2 Å². The monoisotopic (exact) mass is 770 g/mol. The first-order valence-corrected chi connectivity index (χ1v) is 20.3. The van der Waals surface area contributed by atoms with Crippen LogP contribution < -0.4 is 25.4 Å². The van der Waals surface area contributed by atoms with Crippen LogP contribution in [0.15, 0.2) is 60.1 Å². The summed E-state index contributed by atoms with van der Waals surface area (Å²) in [6.07, 6.45) is 9.11. The van der Waals surface area contributed by atoms with Crippen LogP contribution in [0.2, 0.25) is 5.02 Å². The van der Waals surface area contributed by atoms with Crippen molar-refractivity contribution in [2.75, 3.05) is 18.4 Å². The van der Waals surface area contributed by atoms with Crippen molar-refractivity contribution < 1.29 is 37.1 Å². The van der Waals surface area contributed by atoms with Crippen LogP contribution in [-0.2, 0) is 29.1 Å². The molecule has 1 spiro atoms. The van der Waals surface area contributed by atoms with Crippen molar-refractivity contribution in [3.63, 3.8) is 0 Å². The number of anilines is 1. The lowest BCUT2D eigenvalue weighted by Gasteiger charge is -2.30. The molecule has 16 heteroatoms. The number of nitrogens with one attached hydrogen (secondary N) is 4. The smallest absolute Gasteiger partial charge is 0.408 e. The summed E-state index contributed by atoms with van der Waals surface area (Å²) in [5.74, 6) is -2.40. The Bertz CT molecular complexity index is 1790. The first-order valence-electron chi connectivity index (χ1n) is 18.4. The molecule has 2 aliphatic carbocycles. The summed E-state index contributed by atoms with van der Waals surface area (Å²) in [7, 11) is -4.36. The van der Waals surface area contributed by atoms with Gasteiger partial charge in [-0.3, -0.25) is 14.4 Å². The molecular weight excluding hydrogens is 724 g/mol. The number of rotatable bonds is 5. The zero-order valence-electron chi connectivity index (χ0n) is 29.6. The molecule has 6 rings (SSSR count). The van der Waals surface area contributed by atoms with Gasteiger partial charge in [0.1, 0.15) is 34.7 Å². The number of para-hydroxylation sites is 1. The van der Waals surface area contributed by atoms with Gasteiger partial charge >= 0.3 is 6.09 Å². The molecule has 1 aromatic carbocycles. The molecule has 3 fully saturated rings. The molecule has 4 aliphatic rings. The van der Waals surface area contributed by atoms with Crippen molar-refractivity contribution in [3.8, 4) is 5.88 Å². The summed E-state index contributed by atoms with van der Waals surface area (Å²) in [6.45, 7) is 4.28. The molecular formula is C37H47ClN6O8S. The van der Waals surface area contributed by atoms with E-state index in [1.54, 1.807) is 30.3 Å². The van der Waals surface area contributed by atoms with Crippen LogP contribution in [-0.4, -0.2) is 85.0 Å². The van der Waals surface area contributed by atoms with Crippen LogP contribution >= 0.6 is 11.6 Å². The Kier molecular flexibility index (Phi) is 12.1. The minimum atomic E-state index is -4.36. The Morgan fingerprint density at radius 3 is 2.47 bits per heavy atom. The predicted octanol–water partition coefficient (Wildman–Crippen LogP) is 4.45. The van der Waals surface area contributed by atoms with Crippen LogP contribution in [0.1, 0.15) is 77.0 Å². The number of nitrogens with zero attached hydrogens (tertiary/aromatic N) is 2. The Morgan fingerprint density at radius 1 is 1.00 bits per heavy atom. The molecule has 2 aromatic rings. The van der Waals surface area contributed by atoms with Crippen molar-refractivity contribution in [2.45, 2.75) is 112 Å². The number of carbonyl (C=O) groups is 4. The minimum absolute atomic E-state index is 0.0146. The van der Waals surface area contributed by atoms with Gasteiger partial charge in [0, 0.05) is 31.1 Å². The maximum Gasteiger partial charge on any atom is 0.408 e. The van der Waals surface area contributed by atoms with Gasteiger partial charge in [-0.25, -0.2) is 22.9 Å². The number of pyridine rings is 1. The average Bonchev–Trinajstić information content (AvgIpc) is 3.39. The number of sulfonamides is 1. The number of alkyl carbamates (subject to hydrolysis) is 1. The van der Waals surface area contributed by atoms with Gasteiger partial charge in [0.2, 0.25) is 17.7 Å². The van der Waals surface area contributed by atoms with E-state index in [0.717, 1.165) is 51.4 Å². The van der Waals surface area contributed by atoms with Crippen molar-refractivity contribution >= 4 is 51.1 Å². The number of aromatic nitrogens is 1. The van der Waals surface area contributed by atoms with E-state index in [1.807, 2.05) is 0 Å². The van der Waals surface area contributed by atoms with Crippen LogP contribution in [0.3, 0.4) is 0 Å². The lowest BCUT2D eigenvalue weighted by Crippen LogP contribution is -2.58. The van der Waals surface area contributed by atoms with E-state index in [9.17, 15) is 27.6 Å². The van der Waals surface area contributed by atoms with Crippen molar-refractivity contribution in [3.05, 3.63) is 60.3 Å². The highest BCUT2D eigenvalue weighted by molar-refractivity contribution is 7.90. The number of ether oxygens (including phenoxy) is 2. The van der Waals surface area contributed by atoms with E-state index < -0.39 is 63.5 Å². The molecule has 0 bridgehead atoms. The summed E-state index contributed by atoms with van der Waals surface area (Å²) >= 11 is 6.01. The van der Waals surface area contributed by atoms with Gasteiger partial charge < -0.3 is 30.3 Å². The third-order valence-electron chi connectivity index (χ3n) is 10.4. The van der Waals surface area contributed by atoms with Crippen molar-refractivity contribution in [2.24, 2.45) is 5.92 Å². The van der Waals surface area contributed by atoms with E-state index in [-0.39, 0.29) is 36.3 Å². The fourth-order valence-corrected chi connectivity index (χ4v) is 8.78. The summed E-state index contributed by atoms with van der Waals surface area (Å²) < 4.78 is 41.2. The van der Waals surface area contributed by atoms with Gasteiger partial charge in [-0.05, 0) is 63.1 Å². The molecule has 2 aliphatic heterocycles. The van der Waals surface area contributed by atoms with Crippen LogP contribution in [0.25, 0.3) is 0 Å². The highest BCUT2D eigenvalue weighted by Gasteiger charge is 2.61. The van der Waals surface area contributed by atoms with Gasteiger partial charge in [0.25, 0.3) is 15.9 Å². The first-order chi connectivity index (χ1) is 25.5. The maximum absolute atomic E-state index is 14.4. The molecule has 286 valence electrons. The fraction of sp³-hybridized carbons (Fsp3) is 0.541. The highest BCUT2D eigenvalue weighted by Crippen LogP contribution is 2.45. The average molecular weight is 771 g/mol. The van der Waals surface area contributed by atoms with Gasteiger partial charge in [-0.2, -0.15) is 0 Å². The molecule has 53 heavy (non-hydrogen) atoms. The van der Waals surface area contributed by atoms with Crippen molar-refractivity contribution in [1.29, 1.82) is 0 Å². The number of amides is 4. The van der Waals surface area contributed by atoms with E-state index >= 15 is 0 Å². The maximum atomic E-state index is 14.4. The topological polar surface area (TPSA) is 185 Å². The first kappa shape index (κ1) is 38.4. The normalized spacial score (nSPS) is 28.4. The predicted molar refractivity (Wildman–Crippen MR) is 197 cm³/mol. The highest BCUT2D eigenvalue weighted by atomic mass is 35.5. The van der Waals surface area contributed by atoms with Gasteiger partial charge in [0.05, 0.1) is 17.3 Å². The fourth-order valence-electron chi connectivity index (χ4n) is 7.45. The molecule has 0 radical (unpaired) electrons. The minimum Gasteiger partial charge on any atom is -0.472 e. The summed E-state index contributed by atoms with van der Waals surface area (Å²) in [6, 6.07) is 7.41. The molecule has 4 amide bonds. The molecule has 5 atom stereocenters. The molecule has 4 N–H and O–H groups in total. The van der Waals surface area contributed by atoms with Crippen LogP contribution in [0, 0.1) is 5.92 Å². The van der Waals surface area contributed by atoms with E-state index in [1.165, 1.54) is 23.2 Å². The number of benzene rings is 1. The van der Waals surface area contributed by atoms with E-state index in [0.29, 0.717) is 30.1 Å². The van der Waals surface area contributed by atoms with Crippen LogP contribution in [0.4, 0.5) is 10.5 Å².